The molecule has 150 valence electrons. The van der Waals surface area contributed by atoms with Gasteiger partial charge in [-0.05, 0) is 25.1 Å². The summed E-state index contributed by atoms with van der Waals surface area (Å²) in [6.07, 6.45) is 2.27. The number of oxazole rings is 1. The molecule has 2 aromatic carbocycles. The first kappa shape index (κ1) is 20.1. The third-order valence-electron chi connectivity index (χ3n) is 4.25. The molecule has 0 unspecified atom stereocenters. The van der Waals surface area contributed by atoms with Gasteiger partial charge in [0, 0.05) is 31.0 Å². The molecule has 0 aliphatic heterocycles. The van der Waals surface area contributed by atoms with Crippen LogP contribution in [0.4, 0.5) is 11.4 Å². The Kier molecular flexibility index (Phi) is 6.29. The Morgan fingerprint density at radius 3 is 2.55 bits per heavy atom. The lowest BCUT2D eigenvalue weighted by Gasteiger charge is -2.11. The van der Waals surface area contributed by atoms with Crippen LogP contribution < -0.4 is 15.4 Å². The normalized spacial score (nSPS) is 10.4. The van der Waals surface area contributed by atoms with Crippen LogP contribution >= 0.6 is 0 Å². The highest BCUT2D eigenvalue weighted by atomic mass is 16.5. The number of hydrogen-bond donors (Lipinski definition) is 2. The molecule has 3 rings (SSSR count). The minimum absolute atomic E-state index is 0.181. The van der Waals surface area contributed by atoms with Crippen LogP contribution in [0.1, 0.15) is 24.8 Å². The summed E-state index contributed by atoms with van der Waals surface area (Å²) < 4.78 is 11.0. The zero-order chi connectivity index (χ0) is 20.8. The molecule has 7 heteroatoms. The molecule has 0 radical (unpaired) electrons. The van der Waals surface area contributed by atoms with E-state index in [-0.39, 0.29) is 18.2 Å². The number of benzene rings is 2. The van der Waals surface area contributed by atoms with Crippen LogP contribution in [0.3, 0.4) is 0 Å². The second-order valence-corrected chi connectivity index (χ2v) is 6.63. The highest BCUT2D eigenvalue weighted by Crippen LogP contribution is 2.28. The van der Waals surface area contributed by atoms with E-state index in [4.69, 9.17) is 9.15 Å². The van der Waals surface area contributed by atoms with E-state index in [1.54, 1.807) is 24.4 Å². The van der Waals surface area contributed by atoms with E-state index >= 15 is 0 Å². The Morgan fingerprint density at radius 1 is 1.10 bits per heavy atom. The SMILES string of the molecule is COc1ccc(NC(=O)CCc2ncc(-c3ccc(C)cc3)o2)cc1NC(C)=O. The molecule has 0 saturated carbocycles. The molecule has 1 heterocycles. The molecule has 0 aliphatic carbocycles. The summed E-state index contributed by atoms with van der Waals surface area (Å²) in [6, 6.07) is 13.0. The van der Waals surface area contributed by atoms with E-state index in [1.807, 2.05) is 31.2 Å². The van der Waals surface area contributed by atoms with Gasteiger partial charge < -0.3 is 19.8 Å². The van der Waals surface area contributed by atoms with Crippen molar-refractivity contribution in [2.45, 2.75) is 26.7 Å². The maximum absolute atomic E-state index is 12.3. The molecule has 0 atom stereocenters. The maximum atomic E-state index is 12.3. The summed E-state index contributed by atoms with van der Waals surface area (Å²) in [5.74, 6) is 1.29. The molecule has 0 aliphatic rings. The number of anilines is 2. The van der Waals surface area contributed by atoms with Crippen molar-refractivity contribution in [3.63, 3.8) is 0 Å². The average Bonchev–Trinajstić information content (AvgIpc) is 3.16. The first-order valence-electron chi connectivity index (χ1n) is 9.22. The minimum Gasteiger partial charge on any atom is -0.495 e. The van der Waals surface area contributed by atoms with Gasteiger partial charge in [-0.2, -0.15) is 0 Å². The number of ether oxygens (including phenoxy) is 1. The van der Waals surface area contributed by atoms with Crippen LogP contribution in [0.15, 0.2) is 53.1 Å². The molecular formula is C22H23N3O4. The lowest BCUT2D eigenvalue weighted by molar-refractivity contribution is -0.116. The van der Waals surface area contributed by atoms with E-state index < -0.39 is 0 Å². The molecule has 1 aromatic heterocycles. The lowest BCUT2D eigenvalue weighted by Crippen LogP contribution is -2.13. The van der Waals surface area contributed by atoms with Crippen LogP contribution in [-0.2, 0) is 16.0 Å². The summed E-state index contributed by atoms with van der Waals surface area (Å²) in [4.78, 5) is 27.9. The minimum atomic E-state index is -0.222. The molecule has 3 aromatic rings. The largest absolute Gasteiger partial charge is 0.495 e. The lowest BCUT2D eigenvalue weighted by atomic mass is 10.1. The van der Waals surface area contributed by atoms with Crippen LogP contribution in [0, 0.1) is 6.92 Å². The number of rotatable bonds is 7. The third kappa shape index (κ3) is 5.44. The Morgan fingerprint density at radius 2 is 1.86 bits per heavy atom. The van der Waals surface area contributed by atoms with Gasteiger partial charge >= 0.3 is 0 Å². The summed E-state index contributed by atoms with van der Waals surface area (Å²) in [6.45, 7) is 3.43. The molecule has 0 fully saturated rings. The van der Waals surface area contributed by atoms with E-state index in [0.29, 0.717) is 35.2 Å². The first-order chi connectivity index (χ1) is 13.9. The first-order valence-corrected chi connectivity index (χ1v) is 9.22. The topological polar surface area (TPSA) is 93.5 Å². The number of amides is 2. The number of nitrogens with zero attached hydrogens (tertiary/aromatic N) is 1. The number of aryl methyl sites for hydroxylation is 2. The second-order valence-electron chi connectivity index (χ2n) is 6.63. The van der Waals surface area contributed by atoms with Crippen molar-refractivity contribution in [1.29, 1.82) is 0 Å². The van der Waals surface area contributed by atoms with Crippen molar-refractivity contribution >= 4 is 23.2 Å². The highest BCUT2D eigenvalue weighted by Gasteiger charge is 2.11. The van der Waals surface area contributed by atoms with Gasteiger partial charge in [-0.15, -0.1) is 0 Å². The van der Waals surface area contributed by atoms with Gasteiger partial charge in [0.25, 0.3) is 0 Å². The fourth-order valence-electron chi connectivity index (χ4n) is 2.79. The molecule has 2 N–H and O–H groups in total. The van der Waals surface area contributed by atoms with Crippen molar-refractivity contribution in [1.82, 2.24) is 4.98 Å². The molecule has 0 spiro atoms. The smallest absolute Gasteiger partial charge is 0.224 e. The second kappa shape index (κ2) is 9.05. The van der Waals surface area contributed by atoms with Crippen LogP contribution in [0.25, 0.3) is 11.3 Å². The standard InChI is InChI=1S/C22H23N3O4/c1-14-4-6-16(7-5-14)20-13-23-22(29-20)11-10-21(27)25-17-8-9-19(28-3)18(12-17)24-15(2)26/h4-9,12-13H,10-11H2,1-3H3,(H,24,26)(H,25,27). The molecule has 2 amide bonds. The van der Waals surface area contributed by atoms with Gasteiger partial charge in [0.05, 0.1) is 19.0 Å². The number of hydrogen-bond acceptors (Lipinski definition) is 5. The number of carbonyl (C=O) groups excluding carboxylic acids is 2. The van der Waals surface area contributed by atoms with Gasteiger partial charge in [0.2, 0.25) is 11.8 Å². The van der Waals surface area contributed by atoms with Crippen LogP contribution in [-0.4, -0.2) is 23.9 Å². The van der Waals surface area contributed by atoms with Crippen molar-refractivity contribution in [3.05, 3.63) is 60.1 Å². The number of carbonyl (C=O) groups is 2. The van der Waals surface area contributed by atoms with Crippen molar-refractivity contribution < 1.29 is 18.7 Å². The molecule has 29 heavy (non-hydrogen) atoms. The van der Waals surface area contributed by atoms with Crippen molar-refractivity contribution in [2.75, 3.05) is 17.7 Å². The zero-order valence-electron chi connectivity index (χ0n) is 16.6. The van der Waals surface area contributed by atoms with Crippen LogP contribution in [0.5, 0.6) is 5.75 Å². The Hall–Kier alpha value is -3.61. The number of methoxy groups -OCH3 is 1. The summed E-state index contributed by atoms with van der Waals surface area (Å²) >= 11 is 0. The van der Waals surface area contributed by atoms with Gasteiger partial charge in [-0.25, -0.2) is 4.98 Å². The zero-order valence-corrected chi connectivity index (χ0v) is 16.6. The monoisotopic (exact) mass is 393 g/mol. The summed E-state index contributed by atoms with van der Waals surface area (Å²) in [5.41, 5.74) is 3.17. The number of nitrogens with one attached hydrogen (secondary N) is 2. The van der Waals surface area contributed by atoms with E-state index in [2.05, 4.69) is 15.6 Å². The average molecular weight is 393 g/mol. The predicted octanol–water partition coefficient (Wildman–Crippen LogP) is 4.19. The van der Waals surface area contributed by atoms with Crippen LogP contribution in [0.2, 0.25) is 0 Å². The molecule has 7 nitrogen and oxygen atoms in total. The van der Waals surface area contributed by atoms with Gasteiger partial charge in [0.15, 0.2) is 11.7 Å². The fourth-order valence-corrected chi connectivity index (χ4v) is 2.79. The Labute approximate surface area is 169 Å². The molecular weight excluding hydrogens is 370 g/mol. The highest BCUT2D eigenvalue weighted by molar-refractivity contribution is 5.94. The third-order valence-corrected chi connectivity index (χ3v) is 4.25. The Bertz CT molecular complexity index is 1010. The maximum Gasteiger partial charge on any atom is 0.224 e. The summed E-state index contributed by atoms with van der Waals surface area (Å²) in [7, 11) is 1.51. The van der Waals surface area contributed by atoms with E-state index in [0.717, 1.165) is 5.56 Å². The predicted molar refractivity (Wildman–Crippen MR) is 111 cm³/mol. The van der Waals surface area contributed by atoms with Gasteiger partial charge in [-0.3, -0.25) is 9.59 Å². The van der Waals surface area contributed by atoms with Gasteiger partial charge in [0.1, 0.15) is 5.75 Å². The molecule has 0 bridgehead atoms. The summed E-state index contributed by atoms with van der Waals surface area (Å²) in [5, 5.41) is 5.48. The fraction of sp³-hybridized carbons (Fsp3) is 0.227. The van der Waals surface area contributed by atoms with Crippen molar-refractivity contribution in [3.8, 4) is 17.1 Å². The Balaban J connectivity index is 1.59. The van der Waals surface area contributed by atoms with Crippen molar-refractivity contribution in [2.24, 2.45) is 0 Å². The van der Waals surface area contributed by atoms with E-state index in [9.17, 15) is 9.59 Å². The van der Waals surface area contributed by atoms with E-state index in [1.165, 1.54) is 19.6 Å². The quantitative estimate of drug-likeness (QED) is 0.628. The number of aromatic nitrogens is 1. The molecule has 0 saturated heterocycles. The van der Waals surface area contributed by atoms with Gasteiger partial charge in [-0.1, -0.05) is 29.8 Å².